The lowest BCUT2D eigenvalue weighted by atomic mass is 10.3. The van der Waals surface area contributed by atoms with Crippen molar-refractivity contribution in [2.75, 3.05) is 10.8 Å². The van der Waals surface area contributed by atoms with Crippen molar-refractivity contribution >= 4 is 17.6 Å². The van der Waals surface area contributed by atoms with E-state index in [9.17, 15) is 10.1 Å². The Bertz CT molecular complexity index is 634. The summed E-state index contributed by atoms with van der Waals surface area (Å²) >= 11 is 1.41. The van der Waals surface area contributed by atoms with Crippen molar-refractivity contribution in [1.29, 1.82) is 0 Å². The Kier molecular flexibility index (Phi) is 5.85. The lowest BCUT2D eigenvalue weighted by molar-refractivity contribution is -0.711. The third-order valence-corrected chi connectivity index (χ3v) is 3.96. The van der Waals surface area contributed by atoms with Gasteiger partial charge in [-0.15, -0.1) is 16.7 Å². The third kappa shape index (κ3) is 4.53. The molecular formula is C16H16N2O3S. The van der Waals surface area contributed by atoms with Crippen molar-refractivity contribution in [3.05, 3.63) is 77.4 Å². The summed E-state index contributed by atoms with van der Waals surface area (Å²) in [5.74, 6) is 0.233. The summed E-state index contributed by atoms with van der Waals surface area (Å²) in [4.78, 5) is 15.9. The molecule has 0 aliphatic heterocycles. The predicted octanol–water partition coefficient (Wildman–Crippen LogP) is 4.35. The number of rotatable bonds is 8. The molecule has 0 atom stereocenters. The van der Waals surface area contributed by atoms with Crippen molar-refractivity contribution in [2.45, 2.75) is 11.3 Å². The molecule has 0 spiro atoms. The average molecular weight is 316 g/mol. The van der Waals surface area contributed by atoms with Gasteiger partial charge >= 0.3 is 0 Å². The van der Waals surface area contributed by atoms with Gasteiger partial charge in [0.15, 0.2) is 0 Å². The van der Waals surface area contributed by atoms with Crippen LogP contribution in [0.4, 0.5) is 5.69 Å². The smallest absolute Gasteiger partial charge is 0.299 e. The summed E-state index contributed by atoms with van der Waals surface area (Å²) in [6.07, 6.45) is 2.65. The van der Waals surface area contributed by atoms with E-state index >= 15 is 0 Å². The molecule has 0 saturated heterocycles. The van der Waals surface area contributed by atoms with Crippen molar-refractivity contribution < 1.29 is 9.92 Å². The highest BCUT2D eigenvalue weighted by atomic mass is 32.2. The third-order valence-electron chi connectivity index (χ3n) is 2.81. The first-order valence-corrected chi connectivity index (χ1v) is 7.51. The van der Waals surface area contributed by atoms with E-state index in [4.69, 9.17) is 0 Å². The van der Waals surface area contributed by atoms with Crippen LogP contribution >= 0.6 is 11.9 Å². The van der Waals surface area contributed by atoms with Gasteiger partial charge < -0.3 is 4.31 Å². The predicted molar refractivity (Wildman–Crippen MR) is 88.5 cm³/mol. The largest absolute Gasteiger partial charge is 0.312 e. The van der Waals surface area contributed by atoms with E-state index in [1.54, 1.807) is 18.2 Å². The van der Waals surface area contributed by atoms with E-state index in [1.165, 1.54) is 11.9 Å². The van der Waals surface area contributed by atoms with E-state index in [-0.39, 0.29) is 5.75 Å². The van der Waals surface area contributed by atoms with E-state index in [2.05, 4.69) is 15.7 Å². The first kappa shape index (κ1) is 15.9. The van der Waals surface area contributed by atoms with E-state index < -0.39 is 5.09 Å². The Morgan fingerprint density at radius 1 is 1.18 bits per heavy atom. The Labute approximate surface area is 133 Å². The van der Waals surface area contributed by atoms with Crippen molar-refractivity contribution in [1.82, 2.24) is 0 Å². The van der Waals surface area contributed by atoms with Crippen molar-refractivity contribution in [3.63, 3.8) is 0 Å². The zero-order valence-corrected chi connectivity index (χ0v) is 12.7. The molecule has 2 aromatic carbocycles. The minimum absolute atomic E-state index is 0.233. The van der Waals surface area contributed by atoms with Gasteiger partial charge in [-0.2, -0.15) is 0 Å². The van der Waals surface area contributed by atoms with Crippen LogP contribution in [0.25, 0.3) is 0 Å². The number of nitrogens with zero attached hydrogens (tertiary/aromatic N) is 2. The number of para-hydroxylation sites is 2. The normalized spacial score (nSPS) is 10.0. The first-order valence-electron chi connectivity index (χ1n) is 6.73. The standard InChI is InChI=1S/C16H16N2O3S/c1-2-3-13-17(14-9-5-4-6-10-14)22-16-12-8-7-11-15(16)21-18(19)20/h2,4-12H,1,3,13H2. The Hall–Kier alpha value is -2.47. The van der Waals surface area contributed by atoms with Crippen LogP contribution in [-0.2, 0) is 0 Å². The van der Waals surface area contributed by atoms with E-state index in [0.29, 0.717) is 4.90 Å². The molecule has 0 unspecified atom stereocenters. The minimum Gasteiger partial charge on any atom is -0.312 e. The number of hydrogen-bond acceptors (Lipinski definition) is 5. The molecule has 0 bridgehead atoms. The Balaban J connectivity index is 2.23. The summed E-state index contributed by atoms with van der Waals surface area (Å²) < 4.78 is 2.06. The van der Waals surface area contributed by atoms with Crippen LogP contribution in [0.15, 0.2) is 72.1 Å². The highest BCUT2D eigenvalue weighted by Gasteiger charge is 2.13. The molecule has 0 radical (unpaired) electrons. The fraction of sp³-hybridized carbons (Fsp3) is 0.125. The zero-order valence-electron chi connectivity index (χ0n) is 11.9. The van der Waals surface area contributed by atoms with Crippen LogP contribution in [0.5, 0.6) is 5.75 Å². The van der Waals surface area contributed by atoms with Crippen LogP contribution < -0.4 is 9.14 Å². The molecule has 0 fully saturated rings. The summed E-state index contributed by atoms with van der Waals surface area (Å²) in [6, 6.07) is 16.8. The Morgan fingerprint density at radius 2 is 1.86 bits per heavy atom. The van der Waals surface area contributed by atoms with Crippen molar-refractivity contribution in [2.24, 2.45) is 0 Å². The topological polar surface area (TPSA) is 55.6 Å². The monoisotopic (exact) mass is 316 g/mol. The van der Waals surface area contributed by atoms with Crippen molar-refractivity contribution in [3.8, 4) is 5.75 Å². The molecule has 22 heavy (non-hydrogen) atoms. The summed E-state index contributed by atoms with van der Waals surface area (Å²) in [5.41, 5.74) is 1.02. The maximum atomic E-state index is 10.6. The molecular weight excluding hydrogens is 300 g/mol. The SMILES string of the molecule is C=CCCN(Sc1ccccc1O[N+](=O)[O-])c1ccccc1. The maximum Gasteiger partial charge on any atom is 0.299 e. The molecule has 0 saturated carbocycles. The lowest BCUT2D eigenvalue weighted by Gasteiger charge is -2.23. The van der Waals surface area contributed by atoms with Gasteiger partial charge in [0.05, 0.1) is 4.90 Å². The second kappa shape index (κ2) is 8.09. The summed E-state index contributed by atoms with van der Waals surface area (Å²) in [6.45, 7) is 4.48. The lowest BCUT2D eigenvalue weighted by Crippen LogP contribution is -2.15. The fourth-order valence-corrected chi connectivity index (χ4v) is 2.83. The average Bonchev–Trinajstić information content (AvgIpc) is 2.53. The number of hydrogen-bond donors (Lipinski definition) is 0. The number of anilines is 1. The highest BCUT2D eigenvalue weighted by Crippen LogP contribution is 2.34. The second-order valence-electron chi connectivity index (χ2n) is 4.37. The van der Waals surface area contributed by atoms with Gasteiger partial charge in [0.1, 0.15) is 5.75 Å². The molecule has 0 heterocycles. The van der Waals surface area contributed by atoms with Gasteiger partial charge in [0, 0.05) is 12.2 Å². The quantitative estimate of drug-likeness (QED) is 0.314. The molecule has 114 valence electrons. The molecule has 5 nitrogen and oxygen atoms in total. The molecule has 0 aromatic heterocycles. The van der Waals surface area contributed by atoms with Gasteiger partial charge in [-0.1, -0.05) is 36.4 Å². The first-order chi connectivity index (χ1) is 10.7. The van der Waals surface area contributed by atoms with Crippen LogP contribution in [0.1, 0.15) is 6.42 Å². The van der Waals surface area contributed by atoms with Gasteiger partial charge in [-0.3, -0.25) is 4.84 Å². The van der Waals surface area contributed by atoms with Crippen LogP contribution in [0.2, 0.25) is 0 Å². The van der Waals surface area contributed by atoms with E-state index in [0.717, 1.165) is 18.7 Å². The van der Waals surface area contributed by atoms with Crippen LogP contribution in [-0.4, -0.2) is 11.6 Å². The Morgan fingerprint density at radius 3 is 2.55 bits per heavy atom. The summed E-state index contributed by atoms with van der Waals surface area (Å²) in [5, 5.41) is 9.80. The zero-order chi connectivity index (χ0) is 15.8. The molecule has 2 rings (SSSR count). The molecule has 0 N–H and O–H groups in total. The second-order valence-corrected chi connectivity index (χ2v) is 5.43. The molecule has 6 heteroatoms. The van der Waals surface area contributed by atoms with E-state index in [1.807, 2.05) is 42.5 Å². The number of benzene rings is 2. The van der Waals surface area contributed by atoms with Gasteiger partial charge in [0.25, 0.3) is 5.09 Å². The van der Waals surface area contributed by atoms with Crippen LogP contribution in [0, 0.1) is 10.1 Å². The summed E-state index contributed by atoms with van der Waals surface area (Å²) in [7, 11) is 0. The molecule has 2 aromatic rings. The maximum absolute atomic E-state index is 10.6. The van der Waals surface area contributed by atoms with Gasteiger partial charge in [-0.25, -0.2) is 0 Å². The molecule has 0 aliphatic rings. The van der Waals surface area contributed by atoms with Gasteiger partial charge in [-0.05, 0) is 42.6 Å². The minimum atomic E-state index is -0.796. The molecule has 0 amide bonds. The fourth-order valence-electron chi connectivity index (χ4n) is 1.83. The van der Waals surface area contributed by atoms with Crippen LogP contribution in [0.3, 0.4) is 0 Å². The van der Waals surface area contributed by atoms with Gasteiger partial charge in [0.2, 0.25) is 0 Å². The molecule has 0 aliphatic carbocycles. The highest BCUT2D eigenvalue weighted by molar-refractivity contribution is 8.00.